The normalized spacial score (nSPS) is 13.9. The zero-order valence-corrected chi connectivity index (χ0v) is 13.1. The number of carbonyl (C=O) groups is 1. The predicted octanol–water partition coefficient (Wildman–Crippen LogP) is 4.39. The number of nitrogens with zero attached hydrogens (tertiary/aromatic N) is 1. The molecule has 106 valence electrons. The first kappa shape index (κ1) is 14.9. The summed E-state index contributed by atoms with van der Waals surface area (Å²) in [6.07, 6.45) is 1.44. The van der Waals surface area contributed by atoms with Crippen LogP contribution >= 0.6 is 11.3 Å². The summed E-state index contributed by atoms with van der Waals surface area (Å²) in [7, 11) is 0. The van der Waals surface area contributed by atoms with E-state index in [4.69, 9.17) is 0 Å². The molecule has 0 spiro atoms. The minimum absolute atomic E-state index is 0.0248. The van der Waals surface area contributed by atoms with Crippen molar-refractivity contribution in [1.29, 1.82) is 0 Å². The zero-order valence-electron chi connectivity index (χ0n) is 12.3. The minimum atomic E-state index is -0.0248. The zero-order chi connectivity index (χ0) is 14.5. The van der Waals surface area contributed by atoms with Crippen LogP contribution in [-0.2, 0) is 11.2 Å². The number of rotatable bonds is 6. The van der Waals surface area contributed by atoms with Crippen molar-refractivity contribution in [2.45, 2.75) is 39.5 Å². The molecule has 2 atom stereocenters. The molecule has 0 amide bonds. The number of thiazole rings is 1. The second-order valence-corrected chi connectivity index (χ2v) is 6.34. The molecule has 1 heterocycles. The van der Waals surface area contributed by atoms with Crippen LogP contribution in [0, 0.1) is 12.8 Å². The summed E-state index contributed by atoms with van der Waals surface area (Å²) in [4.78, 5) is 17.1. The Bertz CT molecular complexity index is 561. The van der Waals surface area contributed by atoms with Crippen molar-refractivity contribution in [3.63, 3.8) is 0 Å². The number of hydrogen-bond donors (Lipinski definition) is 0. The molecule has 0 aliphatic carbocycles. The molecule has 20 heavy (non-hydrogen) atoms. The van der Waals surface area contributed by atoms with E-state index in [1.54, 1.807) is 11.3 Å². The SMILES string of the molecule is CCC(C)C(C(=O)Cc1csc(C)n1)c1ccccc1. The van der Waals surface area contributed by atoms with Gasteiger partial charge >= 0.3 is 0 Å². The molecule has 1 aromatic heterocycles. The van der Waals surface area contributed by atoms with E-state index in [2.05, 4.69) is 31.0 Å². The summed E-state index contributed by atoms with van der Waals surface area (Å²) in [5.41, 5.74) is 2.03. The molecular formula is C17H21NOS. The fraction of sp³-hybridized carbons (Fsp3) is 0.412. The number of hydrogen-bond acceptors (Lipinski definition) is 3. The van der Waals surface area contributed by atoms with Gasteiger partial charge < -0.3 is 0 Å². The van der Waals surface area contributed by atoms with E-state index in [1.807, 2.05) is 30.5 Å². The first-order chi connectivity index (χ1) is 9.61. The number of Topliss-reactive ketones (excluding diaryl/α,β-unsaturated/α-hetero) is 1. The first-order valence-electron chi connectivity index (χ1n) is 7.10. The summed E-state index contributed by atoms with van der Waals surface area (Å²) in [6.45, 7) is 6.27. The van der Waals surface area contributed by atoms with E-state index in [1.165, 1.54) is 0 Å². The molecule has 3 heteroatoms. The Balaban J connectivity index is 2.20. The largest absolute Gasteiger partial charge is 0.299 e. The summed E-state index contributed by atoms with van der Waals surface area (Å²) in [5.74, 6) is 0.601. The van der Waals surface area contributed by atoms with Crippen molar-refractivity contribution in [2.24, 2.45) is 5.92 Å². The third-order valence-corrected chi connectivity index (χ3v) is 4.56. The number of carbonyl (C=O) groups excluding carboxylic acids is 1. The number of aromatic nitrogens is 1. The maximum absolute atomic E-state index is 12.7. The van der Waals surface area contributed by atoms with Crippen molar-refractivity contribution >= 4 is 17.1 Å². The highest BCUT2D eigenvalue weighted by Crippen LogP contribution is 2.29. The van der Waals surface area contributed by atoms with Gasteiger partial charge in [0.05, 0.1) is 17.1 Å². The van der Waals surface area contributed by atoms with E-state index in [-0.39, 0.29) is 11.7 Å². The standard InChI is InChI=1S/C17H21NOS/c1-4-12(2)17(14-8-6-5-7-9-14)16(19)10-15-11-20-13(3)18-15/h5-9,11-12,17H,4,10H2,1-3H3. The molecule has 0 fully saturated rings. The summed E-state index contributed by atoms with van der Waals surface area (Å²) in [5, 5.41) is 3.01. The van der Waals surface area contributed by atoms with Crippen LogP contribution in [0.4, 0.5) is 0 Å². The van der Waals surface area contributed by atoms with Crippen LogP contribution in [0.5, 0.6) is 0 Å². The smallest absolute Gasteiger partial charge is 0.146 e. The number of aryl methyl sites for hydroxylation is 1. The third-order valence-electron chi connectivity index (χ3n) is 3.74. The van der Waals surface area contributed by atoms with Gasteiger partial charge in [0.15, 0.2) is 0 Å². The van der Waals surface area contributed by atoms with Crippen LogP contribution < -0.4 is 0 Å². The van der Waals surface area contributed by atoms with Gasteiger partial charge in [0.2, 0.25) is 0 Å². The maximum Gasteiger partial charge on any atom is 0.146 e. The van der Waals surface area contributed by atoms with Gasteiger partial charge in [0, 0.05) is 11.3 Å². The predicted molar refractivity (Wildman–Crippen MR) is 84.2 cm³/mol. The van der Waals surface area contributed by atoms with Crippen molar-refractivity contribution < 1.29 is 4.79 Å². The number of benzene rings is 1. The molecule has 2 aromatic rings. The van der Waals surface area contributed by atoms with Gasteiger partial charge in [-0.15, -0.1) is 11.3 Å². The quantitative estimate of drug-likeness (QED) is 0.788. The highest BCUT2D eigenvalue weighted by molar-refractivity contribution is 7.09. The topological polar surface area (TPSA) is 30.0 Å². The summed E-state index contributed by atoms with van der Waals surface area (Å²) >= 11 is 1.60. The van der Waals surface area contributed by atoms with Crippen molar-refractivity contribution in [2.75, 3.05) is 0 Å². The lowest BCUT2D eigenvalue weighted by Gasteiger charge is -2.22. The lowest BCUT2D eigenvalue weighted by atomic mass is 9.81. The minimum Gasteiger partial charge on any atom is -0.299 e. The van der Waals surface area contributed by atoms with Crippen LogP contribution in [-0.4, -0.2) is 10.8 Å². The summed E-state index contributed by atoms with van der Waals surface area (Å²) < 4.78 is 0. The molecular weight excluding hydrogens is 266 g/mol. The van der Waals surface area contributed by atoms with Gasteiger partial charge in [0.25, 0.3) is 0 Å². The lowest BCUT2D eigenvalue weighted by molar-refractivity contribution is -0.121. The van der Waals surface area contributed by atoms with E-state index < -0.39 is 0 Å². The van der Waals surface area contributed by atoms with Crippen LogP contribution in [0.1, 0.15) is 42.5 Å². The van der Waals surface area contributed by atoms with Crippen molar-refractivity contribution in [3.05, 3.63) is 52.0 Å². The fourth-order valence-corrected chi connectivity index (χ4v) is 3.12. The summed E-state index contributed by atoms with van der Waals surface area (Å²) in [6, 6.07) is 10.1. The highest BCUT2D eigenvalue weighted by Gasteiger charge is 2.26. The van der Waals surface area contributed by atoms with E-state index in [0.29, 0.717) is 12.3 Å². The Kier molecular flexibility index (Phi) is 5.07. The second-order valence-electron chi connectivity index (χ2n) is 5.27. The molecule has 0 N–H and O–H groups in total. The molecule has 0 aliphatic heterocycles. The Labute approximate surface area is 124 Å². The van der Waals surface area contributed by atoms with Crippen LogP contribution in [0.3, 0.4) is 0 Å². The molecule has 2 unspecified atom stereocenters. The van der Waals surface area contributed by atoms with Gasteiger partial charge in [-0.05, 0) is 18.4 Å². The van der Waals surface area contributed by atoms with Gasteiger partial charge in [-0.2, -0.15) is 0 Å². The first-order valence-corrected chi connectivity index (χ1v) is 7.98. The Morgan fingerprint density at radius 3 is 2.55 bits per heavy atom. The van der Waals surface area contributed by atoms with E-state index in [0.717, 1.165) is 22.7 Å². The van der Waals surface area contributed by atoms with Crippen LogP contribution in [0.25, 0.3) is 0 Å². The third kappa shape index (κ3) is 3.54. The van der Waals surface area contributed by atoms with Crippen molar-refractivity contribution in [3.8, 4) is 0 Å². The Morgan fingerprint density at radius 1 is 1.30 bits per heavy atom. The van der Waals surface area contributed by atoms with Gasteiger partial charge in [0.1, 0.15) is 5.78 Å². The molecule has 2 rings (SSSR count). The van der Waals surface area contributed by atoms with Crippen LogP contribution in [0.15, 0.2) is 35.7 Å². The van der Waals surface area contributed by atoms with Crippen LogP contribution in [0.2, 0.25) is 0 Å². The monoisotopic (exact) mass is 287 g/mol. The second kappa shape index (κ2) is 6.80. The highest BCUT2D eigenvalue weighted by atomic mass is 32.1. The molecule has 0 radical (unpaired) electrons. The molecule has 0 aliphatic rings. The van der Waals surface area contributed by atoms with Crippen molar-refractivity contribution in [1.82, 2.24) is 4.98 Å². The van der Waals surface area contributed by atoms with Gasteiger partial charge in [-0.25, -0.2) is 4.98 Å². The van der Waals surface area contributed by atoms with Gasteiger partial charge in [-0.1, -0.05) is 50.6 Å². The Morgan fingerprint density at radius 2 is 2.00 bits per heavy atom. The molecule has 1 aromatic carbocycles. The molecule has 0 saturated carbocycles. The fourth-order valence-electron chi connectivity index (χ4n) is 2.51. The molecule has 2 nitrogen and oxygen atoms in total. The number of ketones is 1. The van der Waals surface area contributed by atoms with E-state index >= 15 is 0 Å². The Hall–Kier alpha value is -1.48. The average Bonchev–Trinajstić information content (AvgIpc) is 2.85. The molecule has 0 saturated heterocycles. The average molecular weight is 287 g/mol. The molecule has 0 bridgehead atoms. The lowest BCUT2D eigenvalue weighted by Crippen LogP contribution is -2.21. The van der Waals surface area contributed by atoms with Gasteiger partial charge in [-0.3, -0.25) is 4.79 Å². The maximum atomic E-state index is 12.7. The van der Waals surface area contributed by atoms with E-state index in [9.17, 15) is 4.79 Å².